The van der Waals surface area contributed by atoms with Crippen LogP contribution in [0.1, 0.15) is 27.7 Å². The molecule has 0 aromatic carbocycles. The summed E-state index contributed by atoms with van der Waals surface area (Å²) in [6.07, 6.45) is -0.00176. The molecule has 4 nitrogen and oxygen atoms in total. The molecule has 0 radical (unpaired) electrons. The van der Waals surface area contributed by atoms with E-state index in [1.165, 1.54) is 0 Å². The molecule has 0 spiro atoms. The minimum atomic E-state index is -0.473. The van der Waals surface area contributed by atoms with Crippen molar-refractivity contribution >= 4 is 5.71 Å². The van der Waals surface area contributed by atoms with Gasteiger partial charge in [-0.2, -0.15) is 0 Å². The third-order valence-electron chi connectivity index (χ3n) is 1.57. The Bertz CT molecular complexity index is 197. The summed E-state index contributed by atoms with van der Waals surface area (Å²) in [4.78, 5) is 5.06. The van der Waals surface area contributed by atoms with Crippen LogP contribution in [0.15, 0.2) is 5.16 Å². The average Bonchev–Trinajstić information content (AvgIpc) is 2.29. The number of nitrogens with zero attached hydrogens (tertiary/aromatic N) is 1. The molecule has 0 aliphatic carbocycles. The first kappa shape index (κ1) is 10.5. The van der Waals surface area contributed by atoms with Gasteiger partial charge in [0.1, 0.15) is 12.7 Å². The third kappa shape index (κ3) is 3.74. The lowest BCUT2D eigenvalue weighted by molar-refractivity contribution is -0.144. The number of hydrogen-bond donors (Lipinski definition) is 0. The van der Waals surface area contributed by atoms with Crippen LogP contribution >= 0.6 is 0 Å². The highest BCUT2D eigenvalue weighted by atomic mass is 16.8. The number of ether oxygens (including phenoxy) is 2. The molecule has 1 rings (SSSR count). The van der Waals surface area contributed by atoms with Gasteiger partial charge in [0.2, 0.25) is 0 Å². The first-order chi connectivity index (χ1) is 5.99. The first-order valence-corrected chi connectivity index (χ1v) is 4.44. The summed E-state index contributed by atoms with van der Waals surface area (Å²) < 4.78 is 10.9. The van der Waals surface area contributed by atoms with Crippen LogP contribution in [0.5, 0.6) is 0 Å². The Morgan fingerprint density at radius 2 is 2.23 bits per heavy atom. The van der Waals surface area contributed by atoms with Crippen LogP contribution in [-0.4, -0.2) is 30.8 Å². The van der Waals surface area contributed by atoms with Gasteiger partial charge in [-0.25, -0.2) is 0 Å². The smallest absolute Gasteiger partial charge is 0.163 e. The van der Waals surface area contributed by atoms with Gasteiger partial charge in [0.25, 0.3) is 0 Å². The number of rotatable bonds is 3. The molecule has 1 atom stereocenters. The van der Waals surface area contributed by atoms with E-state index in [-0.39, 0.29) is 6.10 Å². The van der Waals surface area contributed by atoms with Crippen molar-refractivity contribution in [1.29, 1.82) is 0 Å². The van der Waals surface area contributed by atoms with Gasteiger partial charge < -0.3 is 14.3 Å². The van der Waals surface area contributed by atoms with Crippen LogP contribution in [0, 0.1) is 0 Å². The largest absolute Gasteiger partial charge is 0.393 e. The molecule has 76 valence electrons. The van der Waals surface area contributed by atoms with E-state index >= 15 is 0 Å². The van der Waals surface area contributed by atoms with E-state index < -0.39 is 5.79 Å². The fourth-order valence-electron chi connectivity index (χ4n) is 1.09. The molecule has 0 N–H and O–H groups in total. The zero-order valence-corrected chi connectivity index (χ0v) is 8.66. The monoisotopic (exact) mass is 187 g/mol. The second kappa shape index (κ2) is 4.07. The van der Waals surface area contributed by atoms with E-state index in [9.17, 15) is 0 Å². The molecule has 1 saturated heterocycles. The lowest BCUT2D eigenvalue weighted by Gasteiger charge is -2.16. The number of oxime groups is 1. The van der Waals surface area contributed by atoms with Gasteiger partial charge in [-0.15, -0.1) is 0 Å². The van der Waals surface area contributed by atoms with Gasteiger partial charge in [-0.05, 0) is 27.7 Å². The molecule has 1 unspecified atom stereocenters. The minimum absolute atomic E-state index is 0.00176. The molecule has 1 fully saturated rings. The molecule has 1 heterocycles. The van der Waals surface area contributed by atoms with Crippen molar-refractivity contribution in [3.8, 4) is 0 Å². The van der Waals surface area contributed by atoms with E-state index in [2.05, 4.69) is 5.16 Å². The van der Waals surface area contributed by atoms with E-state index in [1.54, 1.807) is 0 Å². The summed E-state index contributed by atoms with van der Waals surface area (Å²) >= 11 is 0. The van der Waals surface area contributed by atoms with Gasteiger partial charge in [0.05, 0.1) is 12.3 Å². The first-order valence-electron chi connectivity index (χ1n) is 4.44. The normalized spacial score (nSPS) is 25.7. The van der Waals surface area contributed by atoms with E-state index in [0.717, 1.165) is 5.71 Å². The van der Waals surface area contributed by atoms with Crippen molar-refractivity contribution < 1.29 is 14.3 Å². The Balaban J connectivity index is 2.22. The fourth-order valence-corrected chi connectivity index (χ4v) is 1.09. The summed E-state index contributed by atoms with van der Waals surface area (Å²) in [5.41, 5.74) is 0.901. The highest BCUT2D eigenvalue weighted by Gasteiger charge is 2.32. The predicted octanol–water partition coefficient (Wildman–Crippen LogP) is 1.55. The lowest BCUT2D eigenvalue weighted by Crippen LogP contribution is -2.23. The molecule has 0 aromatic rings. The number of hydrogen-bond acceptors (Lipinski definition) is 4. The zero-order chi connectivity index (χ0) is 9.90. The Labute approximate surface area is 78.8 Å². The summed E-state index contributed by atoms with van der Waals surface area (Å²) in [6.45, 7) is 8.58. The molecular weight excluding hydrogens is 170 g/mol. The minimum Gasteiger partial charge on any atom is -0.393 e. The Hall–Kier alpha value is -0.610. The highest BCUT2D eigenvalue weighted by Crippen LogP contribution is 2.22. The van der Waals surface area contributed by atoms with Crippen molar-refractivity contribution in [3.05, 3.63) is 0 Å². The summed E-state index contributed by atoms with van der Waals surface area (Å²) in [5.74, 6) is -0.473. The topological polar surface area (TPSA) is 40.0 Å². The molecular formula is C9H17NO3. The van der Waals surface area contributed by atoms with Crippen LogP contribution in [-0.2, 0) is 14.3 Å². The molecule has 0 amide bonds. The fraction of sp³-hybridized carbons (Fsp3) is 0.889. The molecule has 1 aliphatic heterocycles. The lowest BCUT2D eigenvalue weighted by atomic mass is 10.4. The van der Waals surface area contributed by atoms with Crippen molar-refractivity contribution in [2.45, 2.75) is 39.6 Å². The second-order valence-corrected chi connectivity index (χ2v) is 3.78. The van der Waals surface area contributed by atoms with E-state index in [1.807, 2.05) is 27.7 Å². The molecule has 13 heavy (non-hydrogen) atoms. The van der Waals surface area contributed by atoms with Crippen molar-refractivity contribution in [3.63, 3.8) is 0 Å². The Morgan fingerprint density at radius 3 is 2.69 bits per heavy atom. The predicted molar refractivity (Wildman–Crippen MR) is 49.6 cm³/mol. The highest BCUT2D eigenvalue weighted by molar-refractivity contribution is 5.78. The maximum atomic E-state index is 5.51. The van der Waals surface area contributed by atoms with E-state index in [0.29, 0.717) is 13.2 Å². The maximum Gasteiger partial charge on any atom is 0.163 e. The van der Waals surface area contributed by atoms with Crippen molar-refractivity contribution in [2.24, 2.45) is 5.16 Å². The van der Waals surface area contributed by atoms with Gasteiger partial charge in [0.15, 0.2) is 5.79 Å². The molecule has 4 heteroatoms. The van der Waals surface area contributed by atoms with Gasteiger partial charge in [0, 0.05) is 0 Å². The average molecular weight is 187 g/mol. The maximum absolute atomic E-state index is 5.51. The summed E-state index contributed by atoms with van der Waals surface area (Å²) in [7, 11) is 0. The third-order valence-corrected chi connectivity index (χ3v) is 1.57. The quantitative estimate of drug-likeness (QED) is 0.497. The SMILES string of the molecule is CC(C)=NOCC1COC(C)(C)O1. The summed E-state index contributed by atoms with van der Waals surface area (Å²) in [5, 5.41) is 3.82. The molecule has 1 aliphatic rings. The van der Waals surface area contributed by atoms with Crippen LogP contribution in [0.2, 0.25) is 0 Å². The molecule has 0 aromatic heterocycles. The van der Waals surface area contributed by atoms with Gasteiger partial charge in [-0.1, -0.05) is 5.16 Å². The van der Waals surface area contributed by atoms with E-state index in [4.69, 9.17) is 14.3 Å². The van der Waals surface area contributed by atoms with Crippen molar-refractivity contribution in [1.82, 2.24) is 0 Å². The molecule has 0 saturated carbocycles. The van der Waals surface area contributed by atoms with Crippen LogP contribution in [0.4, 0.5) is 0 Å². The van der Waals surface area contributed by atoms with Crippen LogP contribution in [0.3, 0.4) is 0 Å². The molecule has 0 bridgehead atoms. The van der Waals surface area contributed by atoms with Gasteiger partial charge in [-0.3, -0.25) is 0 Å². The Morgan fingerprint density at radius 1 is 1.54 bits per heavy atom. The Kier molecular flexibility index (Phi) is 3.27. The van der Waals surface area contributed by atoms with Gasteiger partial charge >= 0.3 is 0 Å². The second-order valence-electron chi connectivity index (χ2n) is 3.78. The van der Waals surface area contributed by atoms with Crippen molar-refractivity contribution in [2.75, 3.05) is 13.2 Å². The zero-order valence-electron chi connectivity index (χ0n) is 8.66. The van der Waals surface area contributed by atoms with Crippen LogP contribution < -0.4 is 0 Å². The summed E-state index contributed by atoms with van der Waals surface area (Å²) in [6, 6.07) is 0. The standard InChI is InChI=1S/C9H17NO3/c1-7(2)10-12-6-8-5-11-9(3,4)13-8/h8H,5-6H2,1-4H3. The van der Waals surface area contributed by atoms with Crippen LogP contribution in [0.25, 0.3) is 0 Å².